The molecule has 0 saturated heterocycles. The second kappa shape index (κ2) is 11.5. The van der Waals surface area contributed by atoms with Crippen LogP contribution < -0.4 is 4.90 Å². The van der Waals surface area contributed by atoms with Crippen LogP contribution >= 0.6 is 22.7 Å². The Morgan fingerprint density at radius 1 is 0.347 bits per heavy atom. The molecule has 10 rings (SSSR count). The van der Waals surface area contributed by atoms with Crippen LogP contribution in [0.15, 0.2) is 176 Å². The van der Waals surface area contributed by atoms with Gasteiger partial charge in [0.1, 0.15) is 0 Å². The first kappa shape index (κ1) is 28.3. The molecule has 0 fully saturated rings. The molecule has 0 amide bonds. The van der Waals surface area contributed by atoms with Gasteiger partial charge in [-0.25, -0.2) is 0 Å². The Morgan fingerprint density at radius 2 is 0.918 bits per heavy atom. The lowest BCUT2D eigenvalue weighted by atomic mass is 9.93. The lowest BCUT2D eigenvalue weighted by Gasteiger charge is -2.25. The lowest BCUT2D eigenvalue weighted by Crippen LogP contribution is -2.09. The summed E-state index contributed by atoms with van der Waals surface area (Å²) in [5, 5.41) is 7.85. The molecule has 3 heteroatoms. The first-order chi connectivity index (χ1) is 24.3. The van der Waals surface area contributed by atoms with E-state index in [0.29, 0.717) is 0 Å². The van der Waals surface area contributed by atoms with Gasteiger partial charge in [-0.2, -0.15) is 0 Å². The molecule has 0 atom stereocenters. The van der Waals surface area contributed by atoms with Crippen molar-refractivity contribution in [2.75, 3.05) is 4.90 Å². The number of hydrogen-bond acceptors (Lipinski definition) is 3. The molecule has 0 aliphatic carbocycles. The Hall–Kier alpha value is -5.74. The molecule has 8 aromatic carbocycles. The molecule has 49 heavy (non-hydrogen) atoms. The molecule has 2 heterocycles. The predicted octanol–water partition coefficient (Wildman–Crippen LogP) is 14.4. The number of benzene rings is 8. The second-order valence-electron chi connectivity index (χ2n) is 12.4. The smallest absolute Gasteiger partial charge is 0.0640 e. The SMILES string of the molecule is c1ccc(-c2cccc3sc4c(-c5cc6c7cccc(N(c8ccccc8)c8ccccc8)c7sc6c6ccccc56)cccc4c23)cc1. The maximum absolute atomic E-state index is 2.47. The standard InChI is InChI=1S/C46H29NS2/c1-4-15-30(16-5-1)33-23-14-28-42-43(33)38-26-12-24-36(44(38)48-42)39-29-40-37-25-13-27-41(46(37)49-45(40)35-22-11-10-21-34(35)39)47(31-17-6-2-7-18-31)32-19-8-3-9-20-32/h1-29H. The third-order valence-corrected chi connectivity index (χ3v) is 12.1. The van der Waals surface area contributed by atoms with Crippen molar-refractivity contribution in [3.05, 3.63) is 176 Å². The quantitative estimate of drug-likeness (QED) is 0.178. The Bertz CT molecular complexity index is 2770. The molecule has 0 unspecified atom stereocenters. The largest absolute Gasteiger partial charge is 0.309 e. The number of fused-ring (bicyclic) bond motifs is 8. The molecule has 230 valence electrons. The number of nitrogens with zero attached hydrogens (tertiary/aromatic N) is 1. The Balaban J connectivity index is 1.25. The van der Waals surface area contributed by atoms with E-state index in [4.69, 9.17) is 0 Å². The van der Waals surface area contributed by atoms with Crippen LogP contribution in [0, 0.1) is 0 Å². The minimum Gasteiger partial charge on any atom is -0.309 e. The minimum atomic E-state index is 1.15. The van der Waals surface area contributed by atoms with Crippen molar-refractivity contribution in [2.45, 2.75) is 0 Å². The molecule has 10 aromatic rings. The van der Waals surface area contributed by atoms with Crippen molar-refractivity contribution < 1.29 is 0 Å². The third kappa shape index (κ3) is 4.51. The highest BCUT2D eigenvalue weighted by Gasteiger charge is 2.21. The highest BCUT2D eigenvalue weighted by Crippen LogP contribution is 2.50. The number of para-hydroxylation sites is 2. The fraction of sp³-hybridized carbons (Fsp3) is 0. The van der Waals surface area contributed by atoms with Gasteiger partial charge in [-0.15, -0.1) is 22.7 Å². The van der Waals surface area contributed by atoms with E-state index < -0.39 is 0 Å². The van der Waals surface area contributed by atoms with Crippen LogP contribution in [0.2, 0.25) is 0 Å². The van der Waals surface area contributed by atoms with Gasteiger partial charge in [0, 0.05) is 58.0 Å². The molecule has 0 aliphatic rings. The van der Waals surface area contributed by atoms with E-state index in [1.807, 2.05) is 22.7 Å². The summed E-state index contributed by atoms with van der Waals surface area (Å²) in [5.41, 5.74) is 8.62. The van der Waals surface area contributed by atoms with Crippen LogP contribution in [0.5, 0.6) is 0 Å². The first-order valence-electron chi connectivity index (χ1n) is 16.6. The zero-order valence-corrected chi connectivity index (χ0v) is 28.1. The van der Waals surface area contributed by atoms with Crippen LogP contribution in [-0.2, 0) is 0 Å². The van der Waals surface area contributed by atoms with E-state index in [2.05, 4.69) is 181 Å². The third-order valence-electron chi connectivity index (χ3n) is 9.65. The van der Waals surface area contributed by atoms with Gasteiger partial charge in [-0.3, -0.25) is 0 Å². The van der Waals surface area contributed by atoms with Crippen LogP contribution in [0.4, 0.5) is 17.1 Å². The van der Waals surface area contributed by atoms with E-state index in [1.165, 1.54) is 79.1 Å². The average Bonchev–Trinajstić information content (AvgIpc) is 3.75. The normalized spacial score (nSPS) is 11.7. The van der Waals surface area contributed by atoms with E-state index in [0.717, 1.165) is 11.4 Å². The molecule has 0 spiro atoms. The van der Waals surface area contributed by atoms with E-state index in [1.54, 1.807) is 0 Å². The average molecular weight is 660 g/mol. The Labute approximate surface area is 292 Å². The lowest BCUT2D eigenvalue weighted by molar-refractivity contribution is 1.30. The zero-order valence-electron chi connectivity index (χ0n) is 26.5. The highest BCUT2D eigenvalue weighted by molar-refractivity contribution is 7.27. The maximum atomic E-state index is 2.47. The fourth-order valence-corrected chi connectivity index (χ4v) is 10.1. The van der Waals surface area contributed by atoms with Gasteiger partial charge in [-0.05, 0) is 64.5 Å². The van der Waals surface area contributed by atoms with E-state index in [9.17, 15) is 0 Å². The summed E-state index contributed by atoms with van der Waals surface area (Å²) >= 11 is 3.82. The van der Waals surface area contributed by atoms with Crippen LogP contribution in [-0.4, -0.2) is 0 Å². The number of anilines is 3. The van der Waals surface area contributed by atoms with Gasteiger partial charge >= 0.3 is 0 Å². The summed E-state index contributed by atoms with van der Waals surface area (Å²) in [6, 6.07) is 64.0. The van der Waals surface area contributed by atoms with Crippen molar-refractivity contribution in [2.24, 2.45) is 0 Å². The van der Waals surface area contributed by atoms with Crippen molar-refractivity contribution in [1.82, 2.24) is 0 Å². The molecular weight excluding hydrogens is 631 g/mol. The van der Waals surface area contributed by atoms with Gasteiger partial charge in [0.05, 0.1) is 10.4 Å². The highest BCUT2D eigenvalue weighted by atomic mass is 32.1. The summed E-state index contributed by atoms with van der Waals surface area (Å²) in [4.78, 5) is 2.39. The molecule has 0 aliphatic heterocycles. The predicted molar refractivity (Wildman–Crippen MR) is 215 cm³/mol. The number of rotatable bonds is 5. The van der Waals surface area contributed by atoms with Crippen molar-refractivity contribution in [3.63, 3.8) is 0 Å². The summed E-state index contributed by atoms with van der Waals surface area (Å²) in [5.74, 6) is 0. The monoisotopic (exact) mass is 659 g/mol. The molecule has 0 bridgehead atoms. The summed E-state index contributed by atoms with van der Waals surface area (Å²) in [7, 11) is 0. The molecule has 0 N–H and O–H groups in total. The molecule has 2 aromatic heterocycles. The van der Waals surface area contributed by atoms with Gasteiger partial charge in [-0.1, -0.05) is 133 Å². The van der Waals surface area contributed by atoms with Crippen LogP contribution in [0.3, 0.4) is 0 Å². The van der Waals surface area contributed by atoms with E-state index >= 15 is 0 Å². The summed E-state index contributed by atoms with van der Waals surface area (Å²) < 4.78 is 5.28. The van der Waals surface area contributed by atoms with Crippen molar-refractivity contribution in [1.29, 1.82) is 0 Å². The molecule has 1 nitrogen and oxygen atoms in total. The number of thiophene rings is 2. The molecule has 0 radical (unpaired) electrons. The van der Waals surface area contributed by atoms with Crippen LogP contribution in [0.1, 0.15) is 0 Å². The maximum Gasteiger partial charge on any atom is 0.0640 e. The fourth-order valence-electron chi connectivity index (χ4n) is 7.50. The topological polar surface area (TPSA) is 3.24 Å². The summed E-state index contributed by atoms with van der Waals surface area (Å²) in [6.07, 6.45) is 0. The zero-order chi connectivity index (χ0) is 32.3. The first-order valence-corrected chi connectivity index (χ1v) is 18.2. The van der Waals surface area contributed by atoms with Crippen molar-refractivity contribution in [3.8, 4) is 22.3 Å². The van der Waals surface area contributed by atoms with Crippen molar-refractivity contribution >= 4 is 90.9 Å². The Morgan fingerprint density at radius 3 is 1.67 bits per heavy atom. The summed E-state index contributed by atoms with van der Waals surface area (Å²) in [6.45, 7) is 0. The molecule has 0 saturated carbocycles. The molecular formula is C46H29NS2. The van der Waals surface area contributed by atoms with Gasteiger partial charge in [0.25, 0.3) is 0 Å². The second-order valence-corrected chi connectivity index (χ2v) is 14.5. The number of hydrogen-bond donors (Lipinski definition) is 0. The van der Waals surface area contributed by atoms with Crippen LogP contribution in [0.25, 0.3) is 73.4 Å². The Kier molecular flexibility index (Phi) is 6.61. The van der Waals surface area contributed by atoms with Gasteiger partial charge in [0.15, 0.2) is 0 Å². The van der Waals surface area contributed by atoms with E-state index in [-0.39, 0.29) is 0 Å². The minimum absolute atomic E-state index is 1.15. The van der Waals surface area contributed by atoms with Gasteiger partial charge in [0.2, 0.25) is 0 Å². The van der Waals surface area contributed by atoms with Gasteiger partial charge < -0.3 is 4.90 Å².